The highest BCUT2D eigenvalue weighted by atomic mass is 28.3. The van der Waals surface area contributed by atoms with Gasteiger partial charge >= 0.3 is 0 Å². The molecule has 0 radical (unpaired) electrons. The standard InChI is InChI=1S/C49H39N.C38H24N2.C36H29NSi/c1-2-5-34(6-3-1)35-8-12-37(13-9-35)45-26-46(38-14-10-36(11-15-38)41-7-4-20-50-30-41)44-19-17-40-25-42(24-39-16-18-43(45)48(44)47(39)40)49-27-31-21-32(28-49)23-33(22-31)29-49;1-3-22-39-35(8-1)27-14-10-25(11-15-27)33-24-34(26-12-16-28(17-13-26)36-9-2-4-23-40-36)32-21-19-30-7-5-6-29-18-20-31(33)38(32)37(29)30;1-38(2,3)29-21-27-16-18-30-32(24-9-5-4-6-10-24)23-33(31-19-17-28(22-29)35(27)36(30)31)25-12-14-26(15-13-25)34-11-7-8-20-37-34/h1-20,24-26,30-33H,21-23,27-29H2;1-24H;4-23H,1-3H3. The van der Waals surface area contributed by atoms with Crippen molar-refractivity contribution in [3.63, 3.8) is 0 Å². The van der Waals surface area contributed by atoms with Gasteiger partial charge in [-0.2, -0.15) is 0 Å². The summed E-state index contributed by atoms with van der Waals surface area (Å²) in [7, 11) is -1.44. The minimum absolute atomic E-state index is 0.381. The number of hydrogen-bond acceptors (Lipinski definition) is 4. The Balaban J connectivity index is 0.000000108. The van der Waals surface area contributed by atoms with Crippen LogP contribution in [0.25, 0.3) is 220 Å². The molecule has 4 aliphatic carbocycles. The summed E-state index contributed by atoms with van der Waals surface area (Å²) in [5, 5.41) is 25.6. The Morgan fingerprint density at radius 2 is 0.516 bits per heavy atom. The van der Waals surface area contributed by atoms with Crippen molar-refractivity contribution in [3.8, 4) is 123 Å². The van der Waals surface area contributed by atoms with Crippen molar-refractivity contribution in [3.05, 3.63) is 419 Å². The summed E-state index contributed by atoms with van der Waals surface area (Å²) in [5.41, 5.74) is 28.1. The number of pyridine rings is 4. The number of rotatable bonds is 13. The van der Waals surface area contributed by atoms with Gasteiger partial charge in [-0.15, -0.1) is 0 Å². The van der Waals surface area contributed by atoms with Gasteiger partial charge in [0.15, 0.2) is 0 Å². The monoisotopic (exact) mass is 1650 g/mol. The van der Waals surface area contributed by atoms with Gasteiger partial charge in [-0.3, -0.25) is 19.9 Å². The van der Waals surface area contributed by atoms with E-state index in [9.17, 15) is 0 Å². The summed E-state index contributed by atoms with van der Waals surface area (Å²) in [6, 6.07) is 141. The van der Waals surface area contributed by atoms with Crippen LogP contribution in [0.2, 0.25) is 19.6 Å². The molecule has 0 unspecified atom stereocenters. The highest BCUT2D eigenvalue weighted by molar-refractivity contribution is 6.89. The first-order chi connectivity index (χ1) is 63.0. The van der Waals surface area contributed by atoms with Crippen LogP contribution in [0.1, 0.15) is 44.1 Å². The van der Waals surface area contributed by atoms with Gasteiger partial charge in [0.2, 0.25) is 0 Å². The minimum atomic E-state index is -1.44. The molecule has 0 saturated heterocycles. The van der Waals surface area contributed by atoms with Crippen molar-refractivity contribution in [1.29, 1.82) is 0 Å². The van der Waals surface area contributed by atoms with Gasteiger partial charge in [0.25, 0.3) is 0 Å². The summed E-state index contributed by atoms with van der Waals surface area (Å²) < 4.78 is 0. The molecule has 23 aromatic rings. The number of benzene rings is 19. The van der Waals surface area contributed by atoms with E-state index in [1.165, 1.54) is 224 Å². The lowest BCUT2D eigenvalue weighted by Gasteiger charge is -2.57. The van der Waals surface area contributed by atoms with E-state index >= 15 is 0 Å². The molecule has 0 N–H and O–H groups in total. The van der Waals surface area contributed by atoms with Crippen molar-refractivity contribution in [2.24, 2.45) is 17.8 Å². The second-order valence-corrected chi connectivity index (χ2v) is 42.4. The van der Waals surface area contributed by atoms with Gasteiger partial charge in [0, 0.05) is 47.7 Å². The topological polar surface area (TPSA) is 51.6 Å². The lowest BCUT2D eigenvalue weighted by Crippen LogP contribution is -2.48. The molecule has 608 valence electrons. The fourth-order valence-electron chi connectivity index (χ4n) is 22.8. The van der Waals surface area contributed by atoms with E-state index in [-0.39, 0.29) is 0 Å². The van der Waals surface area contributed by atoms with Crippen molar-refractivity contribution >= 4 is 110 Å². The third-order valence-electron chi connectivity index (χ3n) is 28.6. The number of hydrogen-bond donors (Lipinski definition) is 0. The van der Waals surface area contributed by atoms with Crippen LogP contribution in [-0.4, -0.2) is 28.0 Å². The third kappa shape index (κ3) is 13.7. The van der Waals surface area contributed by atoms with Gasteiger partial charge in [0.05, 0.1) is 25.2 Å². The number of nitrogens with zero attached hydrogens (tertiary/aromatic N) is 4. The molecule has 19 aromatic carbocycles. The Morgan fingerprint density at radius 1 is 0.227 bits per heavy atom. The van der Waals surface area contributed by atoms with E-state index in [1.54, 1.807) is 5.56 Å². The molecular formula is C123H92N4Si. The molecule has 5 heteroatoms. The Morgan fingerprint density at radius 3 is 0.852 bits per heavy atom. The summed E-state index contributed by atoms with van der Waals surface area (Å²) in [6.45, 7) is 7.29. The van der Waals surface area contributed by atoms with Crippen molar-refractivity contribution < 1.29 is 0 Å². The van der Waals surface area contributed by atoms with Crippen LogP contribution in [0.3, 0.4) is 0 Å². The zero-order valence-corrected chi connectivity index (χ0v) is 73.0. The molecule has 27 rings (SSSR count). The van der Waals surface area contributed by atoms with Crippen LogP contribution in [0.5, 0.6) is 0 Å². The van der Waals surface area contributed by atoms with E-state index in [0.29, 0.717) is 5.41 Å². The van der Waals surface area contributed by atoms with Crippen molar-refractivity contribution in [2.45, 2.75) is 63.6 Å². The molecule has 0 spiro atoms. The lowest BCUT2D eigenvalue weighted by molar-refractivity contribution is -0.00508. The maximum atomic E-state index is 4.54. The molecule has 128 heavy (non-hydrogen) atoms. The molecule has 0 atom stereocenters. The highest BCUT2D eigenvalue weighted by Gasteiger charge is 2.52. The molecule has 4 heterocycles. The fourth-order valence-corrected chi connectivity index (χ4v) is 24.0. The van der Waals surface area contributed by atoms with Crippen LogP contribution in [0.4, 0.5) is 0 Å². The Bertz CT molecular complexity index is 7730. The first kappa shape index (κ1) is 76.7. The summed E-state index contributed by atoms with van der Waals surface area (Å²) >= 11 is 0. The maximum absolute atomic E-state index is 4.54. The zero-order chi connectivity index (χ0) is 85.1. The van der Waals surface area contributed by atoms with Gasteiger partial charge < -0.3 is 0 Å². The maximum Gasteiger partial charge on any atom is 0.0776 e. The lowest BCUT2D eigenvalue weighted by atomic mass is 9.48. The Hall–Kier alpha value is -14.9. The highest BCUT2D eigenvalue weighted by Crippen LogP contribution is 2.62. The molecule has 4 aromatic heterocycles. The van der Waals surface area contributed by atoms with E-state index in [1.807, 2.05) is 73.4 Å². The second-order valence-electron chi connectivity index (χ2n) is 37.3. The molecule has 4 bridgehead atoms. The van der Waals surface area contributed by atoms with Crippen LogP contribution in [0, 0.1) is 17.8 Å². The minimum Gasteiger partial charge on any atom is -0.264 e. The third-order valence-corrected chi connectivity index (χ3v) is 30.7. The van der Waals surface area contributed by atoms with Crippen molar-refractivity contribution in [2.75, 3.05) is 0 Å². The van der Waals surface area contributed by atoms with Gasteiger partial charge in [-0.25, -0.2) is 0 Å². The Kier molecular flexibility index (Phi) is 18.8. The first-order valence-electron chi connectivity index (χ1n) is 45.5. The average molecular weight is 1650 g/mol. The predicted molar refractivity (Wildman–Crippen MR) is 544 cm³/mol. The second kappa shape index (κ2) is 31.4. The van der Waals surface area contributed by atoms with Crippen LogP contribution >= 0.6 is 0 Å². The van der Waals surface area contributed by atoms with E-state index in [4.69, 9.17) is 0 Å². The zero-order valence-electron chi connectivity index (χ0n) is 72.0. The van der Waals surface area contributed by atoms with Gasteiger partial charge in [0.1, 0.15) is 0 Å². The van der Waals surface area contributed by atoms with Crippen LogP contribution in [-0.2, 0) is 5.41 Å². The van der Waals surface area contributed by atoms with Gasteiger partial charge in [-0.05, 0) is 314 Å². The molecule has 0 amide bonds. The first-order valence-corrected chi connectivity index (χ1v) is 49.0. The molecule has 4 nitrogen and oxygen atoms in total. The summed E-state index contributed by atoms with van der Waals surface area (Å²) in [5.74, 6) is 2.82. The molecular weight excluding hydrogens is 1560 g/mol. The number of aromatic nitrogens is 4. The van der Waals surface area contributed by atoms with Crippen molar-refractivity contribution in [1.82, 2.24) is 19.9 Å². The van der Waals surface area contributed by atoms with Crippen LogP contribution in [0.15, 0.2) is 413 Å². The molecule has 4 aliphatic rings. The van der Waals surface area contributed by atoms with E-state index < -0.39 is 8.07 Å². The predicted octanol–water partition coefficient (Wildman–Crippen LogP) is 32.7. The average Bonchev–Trinajstić information content (AvgIpc) is 0.420. The smallest absolute Gasteiger partial charge is 0.0776 e. The Labute approximate surface area is 747 Å². The normalized spacial score (nSPS) is 16.0. The molecule has 4 fully saturated rings. The largest absolute Gasteiger partial charge is 0.264 e. The SMILES string of the molecule is C[Si](C)(C)c1cc2ccc3c(-c4ccccc4)cc(-c4ccc(-c5ccccn5)cc4)c4ccc(c1)c2c34.c1ccc(-c2ccc(-c3cc(-c4ccc(-c5ccccn5)cc4)c4ccc5cccc6ccc3c4c65)cc2)nc1.c1ccc(-c2ccc(-c3cc(-c4ccc(-c5cccnc5)cc4)c4ccc5cc(C67CC8CC(CC(C8)C6)C7)cc6ccc3c4c65)cc2)cc1. The summed E-state index contributed by atoms with van der Waals surface area (Å²) in [4.78, 5) is 18.0. The van der Waals surface area contributed by atoms with Gasteiger partial charge in [-0.1, -0.05) is 346 Å². The van der Waals surface area contributed by atoms with Crippen LogP contribution < -0.4 is 5.19 Å². The summed E-state index contributed by atoms with van der Waals surface area (Å²) in [6.07, 6.45) is 18.0. The van der Waals surface area contributed by atoms with E-state index in [2.05, 4.69) is 379 Å². The quantitative estimate of drug-likeness (QED) is 0.0853. The molecule has 0 aliphatic heterocycles. The fraction of sp³-hybridized carbons (Fsp3) is 0.106. The van der Waals surface area contributed by atoms with E-state index in [0.717, 1.165) is 57.1 Å². The molecule has 4 saturated carbocycles.